The quantitative estimate of drug-likeness (QED) is 0.479. The minimum Gasteiger partial charge on any atom is -0.490 e. The summed E-state index contributed by atoms with van der Waals surface area (Å²) in [4.78, 5) is 30.1. The lowest BCUT2D eigenvalue weighted by molar-refractivity contribution is -0.135. The lowest BCUT2D eigenvalue weighted by Gasteiger charge is -2.20. The standard InChI is InChI=1S/C23H23ClN2O5/c1-5-29-20-13-15(6-11-19(20)30-14(2)22(27)26(3)4)12-18-23(28)31-21(25-18)16-7-9-17(24)10-8-16/h6-14H,5H2,1-4H3/b18-12+. The van der Waals surface area contributed by atoms with E-state index in [-0.39, 0.29) is 17.5 Å². The Hall–Kier alpha value is -3.32. The van der Waals surface area contributed by atoms with Crippen LogP contribution in [-0.2, 0) is 14.3 Å². The van der Waals surface area contributed by atoms with Crippen molar-refractivity contribution >= 4 is 35.5 Å². The lowest BCUT2D eigenvalue weighted by atomic mass is 10.1. The van der Waals surface area contributed by atoms with Crippen molar-refractivity contribution in [2.45, 2.75) is 20.0 Å². The molecule has 1 unspecified atom stereocenters. The molecule has 2 aromatic carbocycles. The van der Waals surface area contributed by atoms with Crippen LogP contribution in [-0.4, -0.2) is 49.5 Å². The Morgan fingerprint density at radius 3 is 2.55 bits per heavy atom. The predicted molar refractivity (Wildman–Crippen MR) is 118 cm³/mol. The van der Waals surface area contributed by atoms with Crippen LogP contribution in [0.5, 0.6) is 11.5 Å². The van der Waals surface area contributed by atoms with Crippen LogP contribution in [0.3, 0.4) is 0 Å². The van der Waals surface area contributed by atoms with Gasteiger partial charge in [0.25, 0.3) is 5.91 Å². The zero-order valence-corrected chi connectivity index (χ0v) is 18.5. The number of hydrogen-bond acceptors (Lipinski definition) is 6. The molecule has 1 amide bonds. The molecular formula is C23H23ClN2O5. The zero-order valence-electron chi connectivity index (χ0n) is 17.7. The number of nitrogens with zero attached hydrogens (tertiary/aromatic N) is 2. The highest BCUT2D eigenvalue weighted by Crippen LogP contribution is 2.31. The Kier molecular flexibility index (Phi) is 6.97. The summed E-state index contributed by atoms with van der Waals surface area (Å²) >= 11 is 5.90. The monoisotopic (exact) mass is 442 g/mol. The first-order valence-electron chi connectivity index (χ1n) is 9.71. The van der Waals surface area contributed by atoms with Crippen LogP contribution in [0.2, 0.25) is 5.02 Å². The minimum atomic E-state index is -0.672. The lowest BCUT2D eigenvalue weighted by Crippen LogP contribution is -2.35. The van der Waals surface area contributed by atoms with Crippen molar-refractivity contribution in [3.63, 3.8) is 0 Å². The van der Waals surface area contributed by atoms with Gasteiger partial charge in [0.05, 0.1) is 6.61 Å². The number of halogens is 1. The molecule has 1 heterocycles. The van der Waals surface area contributed by atoms with Gasteiger partial charge in [0.2, 0.25) is 5.90 Å². The second-order valence-corrected chi connectivity index (χ2v) is 7.41. The van der Waals surface area contributed by atoms with Crippen molar-refractivity contribution < 1.29 is 23.8 Å². The molecule has 0 aromatic heterocycles. The van der Waals surface area contributed by atoms with Gasteiger partial charge in [-0.3, -0.25) is 4.79 Å². The number of benzene rings is 2. The molecule has 31 heavy (non-hydrogen) atoms. The van der Waals surface area contributed by atoms with Gasteiger partial charge in [0, 0.05) is 24.7 Å². The van der Waals surface area contributed by atoms with E-state index < -0.39 is 12.1 Å². The second kappa shape index (κ2) is 9.66. The second-order valence-electron chi connectivity index (χ2n) is 6.97. The molecule has 162 valence electrons. The maximum atomic E-state index is 12.3. The molecule has 0 spiro atoms. The fraction of sp³-hybridized carbons (Fsp3) is 0.261. The molecule has 3 rings (SSSR count). The molecule has 0 bridgehead atoms. The summed E-state index contributed by atoms with van der Waals surface area (Å²) in [7, 11) is 3.33. The van der Waals surface area contributed by atoms with E-state index in [9.17, 15) is 9.59 Å². The van der Waals surface area contributed by atoms with Gasteiger partial charge in [0.1, 0.15) is 0 Å². The van der Waals surface area contributed by atoms with E-state index in [4.69, 9.17) is 25.8 Å². The molecule has 0 radical (unpaired) electrons. The number of amides is 1. The first-order valence-corrected chi connectivity index (χ1v) is 10.1. The first-order chi connectivity index (χ1) is 14.8. The number of cyclic esters (lactones) is 1. The van der Waals surface area contributed by atoms with Gasteiger partial charge in [-0.2, -0.15) is 0 Å². The third kappa shape index (κ3) is 5.44. The van der Waals surface area contributed by atoms with Crippen LogP contribution in [0, 0.1) is 0 Å². The fourth-order valence-corrected chi connectivity index (χ4v) is 2.99. The van der Waals surface area contributed by atoms with Crippen molar-refractivity contribution in [2.24, 2.45) is 4.99 Å². The highest BCUT2D eigenvalue weighted by molar-refractivity contribution is 6.30. The van der Waals surface area contributed by atoms with Gasteiger partial charge < -0.3 is 19.1 Å². The van der Waals surface area contributed by atoms with Gasteiger partial charge >= 0.3 is 5.97 Å². The summed E-state index contributed by atoms with van der Waals surface area (Å²) in [5.74, 6) is 0.406. The summed E-state index contributed by atoms with van der Waals surface area (Å²) in [5.41, 5.74) is 1.49. The normalized spacial score (nSPS) is 15.3. The summed E-state index contributed by atoms with van der Waals surface area (Å²) in [5, 5.41) is 0.580. The van der Waals surface area contributed by atoms with Crippen LogP contribution in [0.4, 0.5) is 0 Å². The van der Waals surface area contributed by atoms with E-state index in [1.807, 2.05) is 6.92 Å². The van der Waals surface area contributed by atoms with Crippen LogP contribution >= 0.6 is 11.6 Å². The first kappa shape index (κ1) is 22.4. The Labute approximate surface area is 185 Å². The van der Waals surface area contributed by atoms with Gasteiger partial charge in [-0.25, -0.2) is 9.79 Å². The predicted octanol–water partition coefficient (Wildman–Crippen LogP) is 3.94. The number of likely N-dealkylation sites (N-methyl/N-ethyl adjacent to an activating group) is 1. The Morgan fingerprint density at radius 1 is 1.19 bits per heavy atom. The molecular weight excluding hydrogens is 420 g/mol. The van der Waals surface area contributed by atoms with Crippen LogP contribution in [0.15, 0.2) is 53.2 Å². The molecule has 2 aromatic rings. The molecule has 0 fully saturated rings. The van der Waals surface area contributed by atoms with Crippen LogP contribution < -0.4 is 9.47 Å². The van der Waals surface area contributed by atoms with Crippen LogP contribution in [0.1, 0.15) is 25.0 Å². The summed E-state index contributed by atoms with van der Waals surface area (Å²) in [6, 6.07) is 12.0. The van der Waals surface area contributed by atoms with Gasteiger partial charge in [-0.15, -0.1) is 0 Å². The largest absolute Gasteiger partial charge is 0.490 e. The smallest absolute Gasteiger partial charge is 0.363 e. The third-order valence-electron chi connectivity index (χ3n) is 4.37. The molecule has 0 aliphatic carbocycles. The molecule has 0 saturated heterocycles. The third-order valence-corrected chi connectivity index (χ3v) is 4.63. The fourth-order valence-electron chi connectivity index (χ4n) is 2.87. The maximum Gasteiger partial charge on any atom is 0.363 e. The molecule has 1 atom stereocenters. The van der Waals surface area contributed by atoms with Crippen molar-refractivity contribution in [3.05, 3.63) is 64.3 Å². The summed E-state index contributed by atoms with van der Waals surface area (Å²) in [6.45, 7) is 3.93. The summed E-state index contributed by atoms with van der Waals surface area (Å²) in [6.07, 6.45) is 0.932. The van der Waals surface area contributed by atoms with E-state index in [1.54, 1.807) is 69.6 Å². The van der Waals surface area contributed by atoms with Gasteiger partial charge in [-0.05, 0) is 61.9 Å². The Morgan fingerprint density at radius 2 is 1.90 bits per heavy atom. The van der Waals surface area contributed by atoms with Crippen molar-refractivity contribution in [3.8, 4) is 11.5 Å². The number of ether oxygens (including phenoxy) is 3. The number of aliphatic imine (C=N–C) groups is 1. The SMILES string of the molecule is CCOc1cc(/C=C2/N=C(c3ccc(Cl)cc3)OC2=O)ccc1OC(C)C(=O)N(C)C. The van der Waals surface area contributed by atoms with Gasteiger partial charge in [-0.1, -0.05) is 17.7 Å². The number of hydrogen-bond donors (Lipinski definition) is 0. The molecule has 8 heteroatoms. The van der Waals surface area contributed by atoms with E-state index >= 15 is 0 Å². The zero-order chi connectivity index (χ0) is 22.5. The maximum absolute atomic E-state index is 12.3. The Balaban J connectivity index is 1.86. The topological polar surface area (TPSA) is 77.4 Å². The van der Waals surface area contributed by atoms with Crippen molar-refractivity contribution in [2.75, 3.05) is 20.7 Å². The minimum absolute atomic E-state index is 0.161. The van der Waals surface area contributed by atoms with Gasteiger partial charge in [0.15, 0.2) is 23.3 Å². The molecule has 0 saturated carbocycles. The van der Waals surface area contributed by atoms with E-state index in [2.05, 4.69) is 4.99 Å². The number of rotatable bonds is 7. The number of esters is 1. The highest BCUT2D eigenvalue weighted by atomic mass is 35.5. The molecule has 1 aliphatic heterocycles. The number of carbonyl (C=O) groups is 2. The van der Waals surface area contributed by atoms with E-state index in [0.29, 0.717) is 34.3 Å². The summed E-state index contributed by atoms with van der Waals surface area (Å²) < 4.78 is 16.7. The number of carbonyl (C=O) groups excluding carboxylic acids is 2. The van der Waals surface area contributed by atoms with E-state index in [1.165, 1.54) is 4.90 Å². The van der Waals surface area contributed by atoms with Crippen molar-refractivity contribution in [1.82, 2.24) is 4.90 Å². The molecule has 0 N–H and O–H groups in total. The van der Waals surface area contributed by atoms with E-state index in [0.717, 1.165) is 0 Å². The Bertz CT molecular complexity index is 1040. The average molecular weight is 443 g/mol. The highest BCUT2D eigenvalue weighted by Gasteiger charge is 2.24. The average Bonchev–Trinajstić information content (AvgIpc) is 3.10. The molecule has 1 aliphatic rings. The van der Waals surface area contributed by atoms with Crippen LogP contribution in [0.25, 0.3) is 6.08 Å². The van der Waals surface area contributed by atoms with Crippen molar-refractivity contribution in [1.29, 1.82) is 0 Å². The molecule has 7 nitrogen and oxygen atoms in total.